The molecule has 118 valence electrons. The zero-order valence-electron chi connectivity index (χ0n) is 14.2. The van der Waals surface area contributed by atoms with E-state index in [1.165, 1.54) is 24.8 Å². The Morgan fingerprint density at radius 1 is 1.14 bits per heavy atom. The monoisotopic (exact) mass is 291 g/mol. The van der Waals surface area contributed by atoms with E-state index in [2.05, 4.69) is 39.9 Å². The van der Waals surface area contributed by atoms with E-state index < -0.39 is 0 Å². The maximum atomic E-state index is 13.2. The Labute approximate surface area is 129 Å². The fourth-order valence-electron chi connectivity index (χ4n) is 4.65. The van der Waals surface area contributed by atoms with Crippen LogP contribution in [0.1, 0.15) is 59.4 Å². The Hall–Kier alpha value is -0.890. The molecule has 1 saturated carbocycles. The van der Waals surface area contributed by atoms with Crippen LogP contribution in [-0.2, 0) is 5.41 Å². The molecular formula is C19H30FN. The molecule has 0 spiro atoms. The summed E-state index contributed by atoms with van der Waals surface area (Å²) in [4.78, 5) is 0. The first-order valence-corrected chi connectivity index (χ1v) is 8.41. The Balaban J connectivity index is 2.29. The standard InChI is InChI=1S/C19H30FN/c1-6-19(7-2)16(13-17(19)21-8-3)18(4,5)14-9-11-15(20)12-10-14/h9-12,16-17,21H,6-8,13H2,1-5H3. The number of hydrogen-bond acceptors (Lipinski definition) is 1. The summed E-state index contributed by atoms with van der Waals surface area (Å²) in [6, 6.07) is 7.74. The van der Waals surface area contributed by atoms with Gasteiger partial charge in [0, 0.05) is 6.04 Å². The third-order valence-electron chi connectivity index (χ3n) is 6.09. The molecule has 1 aliphatic rings. The number of halogens is 1. The summed E-state index contributed by atoms with van der Waals surface area (Å²) in [6.45, 7) is 12.5. The summed E-state index contributed by atoms with van der Waals surface area (Å²) in [5.41, 5.74) is 1.72. The third-order valence-corrected chi connectivity index (χ3v) is 6.09. The summed E-state index contributed by atoms with van der Waals surface area (Å²) < 4.78 is 13.2. The molecule has 2 unspecified atom stereocenters. The highest BCUT2D eigenvalue weighted by Crippen LogP contribution is 2.59. The van der Waals surface area contributed by atoms with Crippen LogP contribution in [0.3, 0.4) is 0 Å². The van der Waals surface area contributed by atoms with Crippen molar-refractivity contribution in [3.05, 3.63) is 35.6 Å². The van der Waals surface area contributed by atoms with Crippen molar-refractivity contribution in [1.82, 2.24) is 5.32 Å². The molecule has 0 bridgehead atoms. The van der Waals surface area contributed by atoms with Crippen molar-refractivity contribution in [3.8, 4) is 0 Å². The lowest BCUT2D eigenvalue weighted by Gasteiger charge is -2.62. The SMILES string of the molecule is CCNC1CC(C(C)(C)c2ccc(F)cc2)C1(CC)CC. The first-order valence-electron chi connectivity index (χ1n) is 8.41. The van der Waals surface area contributed by atoms with Gasteiger partial charge >= 0.3 is 0 Å². The summed E-state index contributed by atoms with van der Waals surface area (Å²) in [6.07, 6.45) is 3.63. The molecule has 1 N–H and O–H groups in total. The minimum absolute atomic E-state index is 0.0889. The van der Waals surface area contributed by atoms with Gasteiger partial charge in [0.2, 0.25) is 0 Å². The molecule has 1 aromatic carbocycles. The third kappa shape index (κ3) is 2.63. The van der Waals surface area contributed by atoms with Gasteiger partial charge in [0.05, 0.1) is 0 Å². The summed E-state index contributed by atoms with van der Waals surface area (Å²) in [7, 11) is 0. The van der Waals surface area contributed by atoms with Crippen molar-refractivity contribution in [1.29, 1.82) is 0 Å². The van der Waals surface area contributed by atoms with E-state index >= 15 is 0 Å². The van der Waals surface area contributed by atoms with Crippen LogP contribution in [0.2, 0.25) is 0 Å². The number of nitrogens with one attached hydrogen (secondary N) is 1. The van der Waals surface area contributed by atoms with Crippen molar-refractivity contribution in [2.75, 3.05) is 6.54 Å². The zero-order chi connectivity index (χ0) is 15.7. The topological polar surface area (TPSA) is 12.0 Å². The fraction of sp³-hybridized carbons (Fsp3) is 0.684. The van der Waals surface area contributed by atoms with Gasteiger partial charge in [0.25, 0.3) is 0 Å². The van der Waals surface area contributed by atoms with Gasteiger partial charge in [-0.1, -0.05) is 46.8 Å². The quantitative estimate of drug-likeness (QED) is 0.785. The second-order valence-corrected chi connectivity index (χ2v) is 7.07. The van der Waals surface area contributed by atoms with E-state index in [-0.39, 0.29) is 11.2 Å². The molecule has 0 amide bonds. The number of benzene rings is 1. The van der Waals surface area contributed by atoms with Gasteiger partial charge in [-0.3, -0.25) is 0 Å². The van der Waals surface area contributed by atoms with Crippen molar-refractivity contribution >= 4 is 0 Å². The summed E-state index contributed by atoms with van der Waals surface area (Å²) in [5.74, 6) is 0.500. The van der Waals surface area contributed by atoms with Gasteiger partial charge in [0.15, 0.2) is 0 Å². The molecular weight excluding hydrogens is 261 g/mol. The minimum Gasteiger partial charge on any atom is -0.314 e. The van der Waals surface area contributed by atoms with Crippen molar-refractivity contribution in [2.45, 2.75) is 65.3 Å². The van der Waals surface area contributed by atoms with Crippen LogP contribution in [0.25, 0.3) is 0 Å². The van der Waals surface area contributed by atoms with E-state index in [0.29, 0.717) is 17.4 Å². The highest BCUT2D eigenvalue weighted by molar-refractivity contribution is 5.29. The average molecular weight is 291 g/mol. The first kappa shape index (κ1) is 16.5. The molecule has 2 heteroatoms. The molecule has 21 heavy (non-hydrogen) atoms. The largest absolute Gasteiger partial charge is 0.314 e. The van der Waals surface area contributed by atoms with Gasteiger partial charge in [-0.15, -0.1) is 0 Å². The second-order valence-electron chi connectivity index (χ2n) is 7.07. The molecule has 2 rings (SSSR count). The Bertz CT molecular complexity index is 459. The molecule has 1 nitrogen and oxygen atoms in total. The van der Waals surface area contributed by atoms with E-state index in [1.54, 1.807) is 12.1 Å². The second kappa shape index (κ2) is 6.08. The zero-order valence-corrected chi connectivity index (χ0v) is 14.2. The molecule has 2 atom stereocenters. The highest BCUT2D eigenvalue weighted by atomic mass is 19.1. The average Bonchev–Trinajstić information content (AvgIpc) is 2.45. The van der Waals surface area contributed by atoms with Crippen molar-refractivity contribution < 1.29 is 4.39 Å². The van der Waals surface area contributed by atoms with Crippen molar-refractivity contribution in [2.24, 2.45) is 11.3 Å². The van der Waals surface area contributed by atoms with Gasteiger partial charge in [-0.05, 0) is 60.3 Å². The lowest BCUT2D eigenvalue weighted by Crippen LogP contribution is -2.64. The van der Waals surface area contributed by atoms with Crippen LogP contribution in [0, 0.1) is 17.2 Å². The molecule has 0 aliphatic heterocycles. The van der Waals surface area contributed by atoms with E-state index in [1.807, 2.05) is 12.1 Å². The van der Waals surface area contributed by atoms with Crippen LogP contribution < -0.4 is 5.32 Å². The summed E-state index contributed by atoms with van der Waals surface area (Å²) in [5, 5.41) is 3.68. The highest BCUT2D eigenvalue weighted by Gasteiger charge is 2.57. The summed E-state index contributed by atoms with van der Waals surface area (Å²) >= 11 is 0. The molecule has 0 aromatic heterocycles. The van der Waals surface area contributed by atoms with Crippen molar-refractivity contribution in [3.63, 3.8) is 0 Å². The molecule has 0 radical (unpaired) electrons. The van der Waals surface area contributed by atoms with E-state index in [4.69, 9.17) is 0 Å². The van der Waals surface area contributed by atoms with Gasteiger partial charge in [0.1, 0.15) is 5.82 Å². The van der Waals surface area contributed by atoms with Crippen LogP contribution >= 0.6 is 0 Å². The van der Waals surface area contributed by atoms with Crippen LogP contribution in [0.15, 0.2) is 24.3 Å². The minimum atomic E-state index is -0.147. The Morgan fingerprint density at radius 3 is 2.19 bits per heavy atom. The van der Waals surface area contributed by atoms with Crippen LogP contribution in [0.5, 0.6) is 0 Å². The van der Waals surface area contributed by atoms with E-state index in [0.717, 1.165) is 6.54 Å². The van der Waals surface area contributed by atoms with Crippen LogP contribution in [-0.4, -0.2) is 12.6 Å². The number of hydrogen-bond donors (Lipinski definition) is 1. The first-order chi connectivity index (χ1) is 9.92. The fourth-order valence-corrected chi connectivity index (χ4v) is 4.65. The van der Waals surface area contributed by atoms with Crippen LogP contribution in [0.4, 0.5) is 4.39 Å². The van der Waals surface area contributed by atoms with E-state index in [9.17, 15) is 4.39 Å². The number of rotatable bonds is 6. The molecule has 1 aromatic rings. The molecule has 0 saturated heterocycles. The van der Waals surface area contributed by atoms with Gasteiger partial charge in [-0.2, -0.15) is 0 Å². The smallest absolute Gasteiger partial charge is 0.123 e. The van der Waals surface area contributed by atoms with Gasteiger partial charge in [-0.25, -0.2) is 4.39 Å². The molecule has 1 fully saturated rings. The molecule has 1 aliphatic carbocycles. The lowest BCUT2D eigenvalue weighted by atomic mass is 9.45. The molecule has 0 heterocycles. The lowest BCUT2D eigenvalue weighted by molar-refractivity contribution is -0.0682. The normalized spacial score (nSPS) is 24.7. The predicted octanol–water partition coefficient (Wildman–Crippen LogP) is 4.91. The maximum Gasteiger partial charge on any atom is 0.123 e. The maximum absolute atomic E-state index is 13.2. The predicted molar refractivity (Wildman–Crippen MR) is 88.0 cm³/mol. The Morgan fingerprint density at radius 2 is 1.71 bits per heavy atom. The Kier molecular flexibility index (Phi) is 4.77. The van der Waals surface area contributed by atoms with Gasteiger partial charge < -0.3 is 5.32 Å².